The van der Waals surface area contributed by atoms with Crippen LogP contribution in [0.3, 0.4) is 0 Å². The van der Waals surface area contributed by atoms with Crippen LogP contribution in [0.15, 0.2) is 24.8 Å². The van der Waals surface area contributed by atoms with Crippen molar-refractivity contribution in [1.82, 2.24) is 9.97 Å². The standard InChI is InChI=1S/C18H28N4O/c1-13-19-9-14(17(2,3)4)11-21(13)22-12-15(23-8)10-20-16(22)18(5,6)7/h9-12H,1-8H3/q+2. The summed E-state index contributed by atoms with van der Waals surface area (Å²) in [5.74, 6) is 2.55. The lowest BCUT2D eigenvalue weighted by atomic mass is 9.89. The molecule has 2 heterocycles. The van der Waals surface area contributed by atoms with E-state index in [2.05, 4.69) is 57.7 Å². The molecule has 0 unspecified atom stereocenters. The lowest BCUT2D eigenvalue weighted by Gasteiger charge is -2.17. The number of ether oxygens (including phenoxy) is 1. The molecular weight excluding hydrogens is 288 g/mol. The molecule has 5 heteroatoms. The van der Waals surface area contributed by atoms with Gasteiger partial charge in [0.1, 0.15) is 12.4 Å². The second-order valence-electron chi connectivity index (χ2n) is 7.90. The van der Waals surface area contributed by atoms with Gasteiger partial charge in [0.15, 0.2) is 12.4 Å². The Kier molecular flexibility index (Phi) is 4.42. The van der Waals surface area contributed by atoms with Gasteiger partial charge in [0.2, 0.25) is 5.75 Å². The second kappa shape index (κ2) is 5.87. The van der Waals surface area contributed by atoms with Crippen LogP contribution in [0.1, 0.15) is 58.8 Å². The zero-order valence-electron chi connectivity index (χ0n) is 15.5. The van der Waals surface area contributed by atoms with Crippen molar-refractivity contribution in [1.29, 1.82) is 0 Å². The van der Waals surface area contributed by atoms with Crippen molar-refractivity contribution in [3.63, 3.8) is 0 Å². The molecule has 0 aliphatic carbocycles. The van der Waals surface area contributed by atoms with E-state index < -0.39 is 0 Å². The third-order valence-electron chi connectivity index (χ3n) is 3.77. The summed E-state index contributed by atoms with van der Waals surface area (Å²) >= 11 is 0. The third-order valence-corrected chi connectivity index (χ3v) is 3.77. The van der Waals surface area contributed by atoms with E-state index in [0.717, 1.165) is 11.6 Å². The summed E-state index contributed by atoms with van der Waals surface area (Å²) in [5.41, 5.74) is 1.08. The van der Waals surface area contributed by atoms with Gasteiger partial charge in [-0.2, -0.15) is 0 Å². The molecule has 0 aliphatic heterocycles. The summed E-state index contributed by atoms with van der Waals surface area (Å²) in [6, 6.07) is 0. The Morgan fingerprint density at radius 2 is 1.52 bits per heavy atom. The number of aryl methyl sites for hydroxylation is 1. The highest BCUT2D eigenvalue weighted by atomic mass is 16.5. The molecule has 0 spiro atoms. The van der Waals surface area contributed by atoms with Crippen LogP contribution in [0.4, 0.5) is 0 Å². The first-order valence-corrected chi connectivity index (χ1v) is 7.89. The van der Waals surface area contributed by atoms with Crippen LogP contribution in [0, 0.1) is 6.92 Å². The van der Waals surface area contributed by atoms with Gasteiger partial charge in [-0.15, -0.1) is 0 Å². The van der Waals surface area contributed by atoms with E-state index in [1.165, 1.54) is 5.56 Å². The maximum absolute atomic E-state index is 5.36. The predicted molar refractivity (Wildman–Crippen MR) is 88.3 cm³/mol. The van der Waals surface area contributed by atoms with Crippen molar-refractivity contribution in [3.8, 4) is 5.75 Å². The minimum absolute atomic E-state index is 0.0250. The molecule has 0 radical (unpaired) electrons. The average Bonchev–Trinajstić information content (AvgIpc) is 2.44. The van der Waals surface area contributed by atoms with E-state index in [1.54, 1.807) is 13.3 Å². The molecule has 0 saturated carbocycles. The van der Waals surface area contributed by atoms with Crippen LogP contribution in [0.25, 0.3) is 0 Å². The van der Waals surface area contributed by atoms with E-state index in [-0.39, 0.29) is 10.8 Å². The first-order chi connectivity index (χ1) is 10.5. The summed E-state index contributed by atoms with van der Waals surface area (Å²) in [7, 11) is 1.65. The number of hydrogen-bond acceptors (Lipinski definition) is 3. The summed E-state index contributed by atoms with van der Waals surface area (Å²) in [6.07, 6.45) is 7.78. The number of rotatable bonds is 2. The van der Waals surface area contributed by atoms with Gasteiger partial charge in [-0.3, -0.25) is 0 Å². The highest BCUT2D eigenvalue weighted by Gasteiger charge is 2.33. The number of methoxy groups -OCH3 is 1. The third kappa shape index (κ3) is 3.66. The van der Waals surface area contributed by atoms with E-state index >= 15 is 0 Å². The Morgan fingerprint density at radius 1 is 0.870 bits per heavy atom. The van der Waals surface area contributed by atoms with Crippen molar-refractivity contribution >= 4 is 0 Å². The van der Waals surface area contributed by atoms with Crippen LogP contribution in [-0.2, 0) is 10.8 Å². The molecule has 0 saturated heterocycles. The Labute approximate surface area is 139 Å². The van der Waals surface area contributed by atoms with E-state index in [0.29, 0.717) is 5.75 Å². The van der Waals surface area contributed by atoms with Gasteiger partial charge in [0, 0.05) is 12.5 Å². The minimum atomic E-state index is -0.108. The maximum Gasteiger partial charge on any atom is 0.344 e. The Morgan fingerprint density at radius 3 is 2.04 bits per heavy atom. The van der Waals surface area contributed by atoms with Crippen molar-refractivity contribution in [2.24, 2.45) is 0 Å². The number of nitrogens with zero attached hydrogens (tertiary/aromatic N) is 4. The van der Waals surface area contributed by atoms with Gasteiger partial charge in [0.25, 0.3) is 0 Å². The fourth-order valence-corrected chi connectivity index (χ4v) is 2.29. The van der Waals surface area contributed by atoms with Crippen molar-refractivity contribution in [2.75, 3.05) is 7.11 Å². The average molecular weight is 316 g/mol. The van der Waals surface area contributed by atoms with Gasteiger partial charge in [-0.05, 0) is 35.8 Å². The van der Waals surface area contributed by atoms with Gasteiger partial charge >= 0.3 is 11.6 Å². The molecule has 0 aliphatic rings. The summed E-state index contributed by atoms with van der Waals surface area (Å²) in [4.78, 5) is 9.19. The molecule has 0 N–H and O–H groups in total. The molecule has 2 aromatic heterocycles. The van der Waals surface area contributed by atoms with Gasteiger partial charge < -0.3 is 4.74 Å². The van der Waals surface area contributed by atoms with E-state index in [1.807, 2.05) is 28.7 Å². The van der Waals surface area contributed by atoms with Crippen molar-refractivity contribution in [2.45, 2.75) is 59.3 Å². The molecule has 0 bridgehead atoms. The monoisotopic (exact) mass is 316 g/mol. The molecular formula is C18H28N4O+2. The number of aromatic nitrogens is 4. The Bertz CT molecular complexity index is 712. The smallest absolute Gasteiger partial charge is 0.344 e. The van der Waals surface area contributed by atoms with Crippen LogP contribution in [0.2, 0.25) is 0 Å². The zero-order valence-corrected chi connectivity index (χ0v) is 15.5. The quantitative estimate of drug-likeness (QED) is 0.798. The van der Waals surface area contributed by atoms with Gasteiger partial charge in [0.05, 0.1) is 12.5 Å². The van der Waals surface area contributed by atoms with Crippen LogP contribution >= 0.6 is 0 Å². The molecule has 124 valence electrons. The molecule has 23 heavy (non-hydrogen) atoms. The molecule has 0 aromatic carbocycles. The van der Waals surface area contributed by atoms with Crippen molar-refractivity contribution in [3.05, 3.63) is 42.0 Å². The predicted octanol–water partition coefficient (Wildman–Crippen LogP) is 2.28. The fourth-order valence-electron chi connectivity index (χ4n) is 2.29. The largest absolute Gasteiger partial charge is 0.490 e. The lowest BCUT2D eigenvalue weighted by molar-refractivity contribution is -1.30. The SMILES string of the molecule is COc1cnc(C(C)(C)C)[n+](-[n+]2cc(C(C)(C)C)cnc2C)c1. The first-order valence-electron chi connectivity index (χ1n) is 7.89. The molecule has 5 nitrogen and oxygen atoms in total. The number of hydrogen-bond donors (Lipinski definition) is 0. The van der Waals surface area contributed by atoms with Crippen LogP contribution in [0.5, 0.6) is 5.75 Å². The fraction of sp³-hybridized carbons (Fsp3) is 0.556. The second-order valence-corrected chi connectivity index (χ2v) is 7.90. The Hall–Kier alpha value is -2.04. The molecule has 0 atom stereocenters. The Balaban J connectivity index is 2.74. The maximum atomic E-state index is 5.36. The van der Waals surface area contributed by atoms with Gasteiger partial charge in [-0.25, -0.2) is 0 Å². The van der Waals surface area contributed by atoms with Crippen molar-refractivity contribution < 1.29 is 14.1 Å². The summed E-state index contributed by atoms with van der Waals surface area (Å²) < 4.78 is 9.43. The summed E-state index contributed by atoms with van der Waals surface area (Å²) in [5, 5.41) is 0. The molecule has 0 amide bonds. The molecule has 2 rings (SSSR count). The zero-order chi connectivity index (χ0) is 17.4. The van der Waals surface area contributed by atoms with Gasteiger partial charge in [-0.1, -0.05) is 30.4 Å². The lowest BCUT2D eigenvalue weighted by Crippen LogP contribution is -2.71. The van der Waals surface area contributed by atoms with Crippen LogP contribution in [-0.4, -0.2) is 17.1 Å². The van der Waals surface area contributed by atoms with E-state index in [4.69, 9.17) is 4.74 Å². The van der Waals surface area contributed by atoms with E-state index in [9.17, 15) is 0 Å². The highest BCUT2D eigenvalue weighted by molar-refractivity contribution is 5.13. The normalized spacial score (nSPS) is 12.3. The highest BCUT2D eigenvalue weighted by Crippen LogP contribution is 2.20. The molecule has 0 fully saturated rings. The summed E-state index contributed by atoms with van der Waals surface area (Å²) in [6.45, 7) is 15.0. The first kappa shape index (κ1) is 17.3. The molecule has 2 aromatic rings. The minimum Gasteiger partial charge on any atom is -0.490 e. The topological polar surface area (TPSA) is 42.8 Å². The van der Waals surface area contributed by atoms with Crippen LogP contribution < -0.4 is 14.1 Å².